The lowest BCUT2D eigenvalue weighted by Gasteiger charge is -2.23. The molecule has 0 saturated heterocycles. The van der Waals surface area contributed by atoms with Crippen molar-refractivity contribution in [1.82, 2.24) is 0 Å². The summed E-state index contributed by atoms with van der Waals surface area (Å²) in [6.07, 6.45) is 6.39. The monoisotopic (exact) mass is 293 g/mol. The van der Waals surface area contributed by atoms with E-state index in [-0.39, 0.29) is 5.78 Å². The fraction of sp³-hybridized carbons (Fsp3) is 0.357. The van der Waals surface area contributed by atoms with Gasteiger partial charge in [-0.25, -0.2) is 0 Å². The molecule has 2 nitrogen and oxygen atoms in total. The predicted molar refractivity (Wildman–Crippen MR) is 75.5 cm³/mol. The van der Waals surface area contributed by atoms with E-state index in [1.54, 1.807) is 6.92 Å². The summed E-state index contributed by atoms with van der Waals surface area (Å²) in [6.45, 7) is 5.15. The van der Waals surface area contributed by atoms with Gasteiger partial charge in [-0.05, 0) is 47.5 Å². The molecule has 0 bridgehead atoms. The maximum absolute atomic E-state index is 11.3. The maximum Gasteiger partial charge on any atom is 0.159 e. The van der Waals surface area contributed by atoms with E-state index >= 15 is 0 Å². The molecule has 0 aliphatic carbocycles. The predicted octanol–water partition coefficient (Wildman–Crippen LogP) is 3.50. The summed E-state index contributed by atoms with van der Waals surface area (Å²) in [5.74, 6) is 2.72. The van der Waals surface area contributed by atoms with Crippen LogP contribution >= 0.6 is 15.9 Å². The molecule has 0 atom stereocenters. The van der Waals surface area contributed by atoms with Gasteiger partial charge in [0, 0.05) is 16.6 Å². The Kier molecular flexibility index (Phi) is 5.24. The largest absolute Gasteiger partial charge is 0.359 e. The highest BCUT2D eigenvalue weighted by atomic mass is 79.9. The van der Waals surface area contributed by atoms with Gasteiger partial charge < -0.3 is 4.90 Å². The molecule has 0 aliphatic rings. The van der Waals surface area contributed by atoms with Crippen LogP contribution in [0.4, 0.5) is 5.69 Å². The second kappa shape index (κ2) is 6.46. The van der Waals surface area contributed by atoms with Crippen molar-refractivity contribution >= 4 is 27.4 Å². The van der Waals surface area contributed by atoms with Crippen LogP contribution in [0.25, 0.3) is 0 Å². The number of benzene rings is 1. The van der Waals surface area contributed by atoms with Gasteiger partial charge in [0.05, 0.1) is 12.2 Å². The molecule has 90 valence electrons. The number of hydrogen-bond acceptors (Lipinski definition) is 2. The highest BCUT2D eigenvalue weighted by Crippen LogP contribution is 2.27. The Hall–Kier alpha value is -1.27. The smallest absolute Gasteiger partial charge is 0.159 e. The average Bonchev–Trinajstić information content (AvgIpc) is 2.28. The van der Waals surface area contributed by atoms with Crippen molar-refractivity contribution in [3.63, 3.8) is 0 Å². The Morgan fingerprint density at radius 1 is 1.53 bits per heavy atom. The van der Waals surface area contributed by atoms with Gasteiger partial charge in [-0.1, -0.05) is 12.8 Å². The second-order valence-corrected chi connectivity index (χ2v) is 4.70. The zero-order valence-corrected chi connectivity index (χ0v) is 11.8. The lowest BCUT2D eigenvalue weighted by Crippen LogP contribution is -2.24. The summed E-state index contributed by atoms with van der Waals surface area (Å²) < 4.78 is 0.911. The van der Waals surface area contributed by atoms with Gasteiger partial charge in [0.1, 0.15) is 0 Å². The van der Waals surface area contributed by atoms with Crippen molar-refractivity contribution in [3.05, 3.63) is 28.2 Å². The summed E-state index contributed by atoms with van der Waals surface area (Å²) in [7, 11) is 0. The van der Waals surface area contributed by atoms with Gasteiger partial charge in [-0.3, -0.25) is 4.79 Å². The first-order valence-corrected chi connectivity index (χ1v) is 6.38. The lowest BCUT2D eigenvalue weighted by atomic mass is 10.1. The molecule has 0 unspecified atom stereocenters. The molecule has 0 heterocycles. The number of carbonyl (C=O) groups excluding carboxylic acids is 1. The molecule has 0 saturated carbocycles. The zero-order valence-electron chi connectivity index (χ0n) is 10.2. The van der Waals surface area contributed by atoms with Crippen molar-refractivity contribution in [2.45, 2.75) is 20.3 Å². The fourth-order valence-corrected chi connectivity index (χ4v) is 2.28. The molecule has 3 heteroatoms. The molecule has 1 aromatic carbocycles. The number of Topliss-reactive ketones (excluding diaryl/α,β-unsaturated/α-hetero) is 1. The first-order chi connectivity index (χ1) is 8.10. The number of anilines is 1. The van der Waals surface area contributed by atoms with E-state index in [0.29, 0.717) is 12.1 Å². The standard InChI is InChI=1S/C14H16BrNO/c1-4-8-16(9-5-2)14-7-6-12(11(3)17)10-13(14)15/h1,6-7,10H,5,8-9H2,2-3H3. The maximum atomic E-state index is 11.3. The van der Waals surface area contributed by atoms with Crippen LogP contribution in [0.15, 0.2) is 22.7 Å². The van der Waals surface area contributed by atoms with Crippen LogP contribution in [0.5, 0.6) is 0 Å². The van der Waals surface area contributed by atoms with Crippen molar-refractivity contribution in [3.8, 4) is 12.3 Å². The third kappa shape index (κ3) is 3.61. The highest BCUT2D eigenvalue weighted by molar-refractivity contribution is 9.10. The Morgan fingerprint density at radius 3 is 2.71 bits per heavy atom. The topological polar surface area (TPSA) is 20.3 Å². The summed E-state index contributed by atoms with van der Waals surface area (Å²) in [5.41, 5.74) is 1.74. The van der Waals surface area contributed by atoms with Gasteiger partial charge in [0.15, 0.2) is 5.78 Å². The molecular weight excluding hydrogens is 278 g/mol. The first kappa shape index (κ1) is 13.8. The van der Waals surface area contributed by atoms with Crippen molar-refractivity contribution in [2.75, 3.05) is 18.0 Å². The van der Waals surface area contributed by atoms with Crippen molar-refractivity contribution < 1.29 is 4.79 Å². The van der Waals surface area contributed by atoms with E-state index in [4.69, 9.17) is 6.42 Å². The van der Waals surface area contributed by atoms with E-state index in [1.807, 2.05) is 18.2 Å². The number of carbonyl (C=O) groups is 1. The molecule has 0 spiro atoms. The van der Waals surface area contributed by atoms with Gasteiger partial charge in [0.25, 0.3) is 0 Å². The SMILES string of the molecule is C#CCN(CCC)c1ccc(C(C)=O)cc1Br. The number of nitrogens with zero attached hydrogens (tertiary/aromatic N) is 1. The zero-order chi connectivity index (χ0) is 12.8. The highest BCUT2D eigenvalue weighted by Gasteiger charge is 2.10. The minimum atomic E-state index is 0.0660. The summed E-state index contributed by atoms with van der Waals surface area (Å²) in [5, 5.41) is 0. The minimum absolute atomic E-state index is 0.0660. The number of hydrogen-bond donors (Lipinski definition) is 0. The number of ketones is 1. The van der Waals surface area contributed by atoms with Crippen molar-refractivity contribution in [1.29, 1.82) is 0 Å². The van der Waals surface area contributed by atoms with Crippen LogP contribution in [0.1, 0.15) is 30.6 Å². The molecule has 1 rings (SSSR count). The van der Waals surface area contributed by atoms with E-state index in [2.05, 4.69) is 33.7 Å². The van der Waals surface area contributed by atoms with E-state index in [9.17, 15) is 4.79 Å². The van der Waals surface area contributed by atoms with Crippen LogP contribution in [-0.2, 0) is 0 Å². The summed E-state index contributed by atoms with van der Waals surface area (Å²) in [4.78, 5) is 13.4. The Balaban J connectivity index is 3.04. The van der Waals surface area contributed by atoms with Gasteiger partial charge >= 0.3 is 0 Å². The Bertz CT molecular complexity index is 448. The third-order valence-electron chi connectivity index (χ3n) is 2.47. The van der Waals surface area contributed by atoms with E-state index < -0.39 is 0 Å². The number of halogens is 1. The van der Waals surface area contributed by atoms with Crippen LogP contribution in [-0.4, -0.2) is 18.9 Å². The average molecular weight is 294 g/mol. The van der Waals surface area contributed by atoms with Crippen LogP contribution < -0.4 is 4.90 Å². The fourth-order valence-electron chi connectivity index (χ4n) is 1.65. The first-order valence-electron chi connectivity index (χ1n) is 5.59. The number of rotatable bonds is 5. The molecule has 1 aromatic rings. The van der Waals surface area contributed by atoms with Crippen LogP contribution in [0.3, 0.4) is 0 Å². The van der Waals surface area contributed by atoms with Gasteiger partial charge in [0.2, 0.25) is 0 Å². The molecule has 0 aromatic heterocycles. The Labute approximate surface area is 111 Å². The molecule has 0 radical (unpaired) electrons. The molecule has 17 heavy (non-hydrogen) atoms. The van der Waals surface area contributed by atoms with Gasteiger partial charge in [-0.15, -0.1) is 6.42 Å². The van der Waals surface area contributed by atoms with Crippen LogP contribution in [0.2, 0.25) is 0 Å². The van der Waals surface area contributed by atoms with E-state index in [1.165, 1.54) is 0 Å². The minimum Gasteiger partial charge on any atom is -0.359 e. The normalized spacial score (nSPS) is 9.76. The molecule has 0 aliphatic heterocycles. The molecule has 0 fully saturated rings. The van der Waals surface area contributed by atoms with Gasteiger partial charge in [-0.2, -0.15) is 0 Å². The molecule has 0 amide bonds. The van der Waals surface area contributed by atoms with Crippen LogP contribution in [0, 0.1) is 12.3 Å². The number of terminal acetylenes is 1. The summed E-state index contributed by atoms with van der Waals surface area (Å²) in [6, 6.07) is 5.62. The Morgan fingerprint density at radius 2 is 2.24 bits per heavy atom. The molecular formula is C14H16BrNO. The van der Waals surface area contributed by atoms with Crippen molar-refractivity contribution in [2.24, 2.45) is 0 Å². The van der Waals surface area contributed by atoms with E-state index in [0.717, 1.165) is 23.1 Å². The summed E-state index contributed by atoms with van der Waals surface area (Å²) >= 11 is 3.49. The second-order valence-electron chi connectivity index (χ2n) is 3.85. The quantitative estimate of drug-likeness (QED) is 0.612. The third-order valence-corrected chi connectivity index (χ3v) is 3.11. The lowest BCUT2D eigenvalue weighted by molar-refractivity contribution is 0.101. The molecule has 0 N–H and O–H groups in total.